The van der Waals surface area contributed by atoms with E-state index in [4.69, 9.17) is 10.00 Å². The van der Waals surface area contributed by atoms with Crippen LogP contribution in [0, 0.1) is 11.3 Å². The van der Waals surface area contributed by atoms with Gasteiger partial charge in [-0.05, 0) is 30.5 Å². The van der Waals surface area contributed by atoms with Crippen molar-refractivity contribution in [3.05, 3.63) is 36.4 Å². The first-order valence-electron chi connectivity index (χ1n) is 6.69. The normalized spacial score (nSPS) is 11.6. The molecule has 3 nitrogen and oxygen atoms in total. The number of aryl methyl sites for hydroxylation is 1. The van der Waals surface area contributed by atoms with Gasteiger partial charge in [0.25, 0.3) is 0 Å². The van der Waals surface area contributed by atoms with E-state index in [9.17, 15) is 5.11 Å². The lowest BCUT2D eigenvalue weighted by molar-refractivity contribution is 0.258. The number of benzene rings is 1. The van der Waals surface area contributed by atoms with Crippen molar-refractivity contribution in [1.29, 1.82) is 5.26 Å². The third-order valence-corrected chi connectivity index (χ3v) is 2.82. The highest BCUT2D eigenvalue weighted by molar-refractivity contribution is 5.38. The van der Waals surface area contributed by atoms with E-state index in [-0.39, 0.29) is 5.75 Å². The number of phenolic OH excluding ortho intramolecular Hbond substituents is 1. The Balaban J connectivity index is 2.72. The van der Waals surface area contributed by atoms with Gasteiger partial charge in [0.15, 0.2) is 6.10 Å². The van der Waals surface area contributed by atoms with Crippen LogP contribution in [-0.2, 0) is 6.42 Å². The molecule has 1 N–H and O–H groups in total. The van der Waals surface area contributed by atoms with Gasteiger partial charge < -0.3 is 9.84 Å². The second kappa shape index (κ2) is 8.20. The summed E-state index contributed by atoms with van der Waals surface area (Å²) in [5, 5.41) is 18.6. The largest absolute Gasteiger partial charge is 0.508 e. The number of nitriles is 1. The Kier molecular flexibility index (Phi) is 6.52. The fourth-order valence-electron chi connectivity index (χ4n) is 1.88. The molecule has 0 aliphatic rings. The first kappa shape index (κ1) is 15.1. The molecule has 0 fully saturated rings. The molecule has 0 aliphatic carbocycles. The summed E-state index contributed by atoms with van der Waals surface area (Å²) in [5.74, 6) is 0.721. The van der Waals surface area contributed by atoms with Crippen molar-refractivity contribution in [1.82, 2.24) is 0 Å². The number of aromatic hydroxyl groups is 1. The van der Waals surface area contributed by atoms with Crippen LogP contribution >= 0.6 is 0 Å². The Morgan fingerprint density at radius 3 is 2.84 bits per heavy atom. The first-order valence-corrected chi connectivity index (χ1v) is 6.69. The summed E-state index contributed by atoms with van der Waals surface area (Å²) in [4.78, 5) is 0. The minimum absolute atomic E-state index is 0.180. The third-order valence-electron chi connectivity index (χ3n) is 2.82. The van der Waals surface area contributed by atoms with Crippen molar-refractivity contribution in [2.75, 3.05) is 0 Å². The lowest BCUT2D eigenvalue weighted by Gasteiger charge is -2.12. The molecule has 0 heterocycles. The predicted octanol–water partition coefficient (Wildman–Crippen LogP) is 3.97. The average molecular weight is 259 g/mol. The number of nitrogens with zero attached hydrogens (tertiary/aromatic N) is 1. The summed E-state index contributed by atoms with van der Waals surface area (Å²) < 4.78 is 5.54. The molecule has 1 atom stereocenters. The van der Waals surface area contributed by atoms with Crippen LogP contribution in [0.4, 0.5) is 0 Å². The highest BCUT2D eigenvalue weighted by Gasteiger charge is 2.08. The molecule has 0 amide bonds. The molecule has 1 unspecified atom stereocenters. The van der Waals surface area contributed by atoms with Gasteiger partial charge in [-0.25, -0.2) is 0 Å². The topological polar surface area (TPSA) is 53.2 Å². The zero-order valence-electron chi connectivity index (χ0n) is 11.4. The molecule has 0 aromatic heterocycles. The van der Waals surface area contributed by atoms with Gasteiger partial charge in [0.05, 0.1) is 0 Å². The Hall–Kier alpha value is -1.95. The Morgan fingerprint density at radius 2 is 2.21 bits per heavy atom. The van der Waals surface area contributed by atoms with Gasteiger partial charge in [-0.3, -0.25) is 0 Å². The van der Waals surface area contributed by atoms with Gasteiger partial charge in [0, 0.05) is 12.5 Å². The molecule has 0 saturated carbocycles. The fourth-order valence-corrected chi connectivity index (χ4v) is 1.88. The van der Waals surface area contributed by atoms with Crippen molar-refractivity contribution < 1.29 is 9.84 Å². The molecule has 0 radical (unpaired) electrons. The SMILES string of the molecule is C=CCC(C#N)Oc1cc(O)cc(CCCCC)c1. The third kappa shape index (κ3) is 5.48. The number of hydrogen-bond acceptors (Lipinski definition) is 3. The molecule has 1 aromatic carbocycles. The van der Waals surface area contributed by atoms with Crippen LogP contribution in [0.1, 0.15) is 38.2 Å². The molecule has 1 aromatic rings. The number of phenols is 1. The Bertz CT molecular complexity index is 449. The number of unbranched alkanes of at least 4 members (excludes halogenated alkanes) is 2. The second-order valence-electron chi connectivity index (χ2n) is 4.55. The molecular formula is C16H21NO2. The van der Waals surface area contributed by atoms with E-state index in [1.165, 1.54) is 12.5 Å². The van der Waals surface area contributed by atoms with E-state index < -0.39 is 6.10 Å². The molecule has 0 aliphatic heterocycles. The van der Waals surface area contributed by atoms with Crippen LogP contribution in [0.3, 0.4) is 0 Å². The Labute approximate surface area is 115 Å². The first-order chi connectivity index (χ1) is 9.19. The highest BCUT2D eigenvalue weighted by Crippen LogP contribution is 2.24. The maximum Gasteiger partial charge on any atom is 0.187 e. The van der Waals surface area contributed by atoms with Gasteiger partial charge in [-0.1, -0.05) is 25.8 Å². The molecule has 0 bridgehead atoms. The number of rotatable bonds is 8. The minimum atomic E-state index is -0.553. The monoisotopic (exact) mass is 259 g/mol. The minimum Gasteiger partial charge on any atom is -0.508 e. The standard InChI is InChI=1S/C16H21NO2/c1-3-5-6-8-13-9-14(18)11-16(10-13)19-15(12-17)7-4-2/h4,9-11,15,18H,2-3,5-8H2,1H3. The summed E-state index contributed by atoms with van der Waals surface area (Å²) in [6.45, 7) is 5.75. The van der Waals surface area contributed by atoms with Crippen molar-refractivity contribution in [3.63, 3.8) is 0 Å². The van der Waals surface area contributed by atoms with Gasteiger partial charge in [-0.15, -0.1) is 6.58 Å². The molecule has 0 saturated heterocycles. The second-order valence-corrected chi connectivity index (χ2v) is 4.55. The highest BCUT2D eigenvalue weighted by atomic mass is 16.5. The summed E-state index contributed by atoms with van der Waals surface area (Å²) in [6.07, 6.45) is 5.91. The molecular weight excluding hydrogens is 238 g/mol. The Morgan fingerprint density at radius 1 is 1.42 bits per heavy atom. The van der Waals surface area contributed by atoms with Gasteiger partial charge in [-0.2, -0.15) is 5.26 Å². The van der Waals surface area contributed by atoms with Gasteiger partial charge >= 0.3 is 0 Å². The smallest absolute Gasteiger partial charge is 0.187 e. The van der Waals surface area contributed by atoms with E-state index in [1.807, 2.05) is 6.07 Å². The zero-order valence-corrected chi connectivity index (χ0v) is 11.4. The lowest BCUT2D eigenvalue weighted by Crippen LogP contribution is -2.12. The summed E-state index contributed by atoms with van der Waals surface area (Å²) in [5.41, 5.74) is 1.04. The zero-order chi connectivity index (χ0) is 14.1. The van der Waals surface area contributed by atoms with Gasteiger partial charge in [0.2, 0.25) is 0 Å². The van der Waals surface area contributed by atoms with Crippen LogP contribution in [0.5, 0.6) is 11.5 Å². The van der Waals surface area contributed by atoms with E-state index in [0.29, 0.717) is 12.2 Å². The maximum atomic E-state index is 9.68. The predicted molar refractivity (Wildman–Crippen MR) is 76.2 cm³/mol. The lowest BCUT2D eigenvalue weighted by atomic mass is 10.1. The average Bonchev–Trinajstić information content (AvgIpc) is 2.38. The molecule has 1 rings (SSSR count). The van der Waals surface area contributed by atoms with Crippen molar-refractivity contribution in [3.8, 4) is 17.6 Å². The fraction of sp³-hybridized carbons (Fsp3) is 0.438. The van der Waals surface area contributed by atoms with Crippen LogP contribution in [0.2, 0.25) is 0 Å². The number of ether oxygens (including phenoxy) is 1. The van der Waals surface area contributed by atoms with Crippen molar-refractivity contribution in [2.45, 2.75) is 45.1 Å². The van der Waals surface area contributed by atoms with Crippen molar-refractivity contribution in [2.24, 2.45) is 0 Å². The van der Waals surface area contributed by atoms with Crippen LogP contribution < -0.4 is 4.74 Å². The van der Waals surface area contributed by atoms with E-state index in [1.54, 1.807) is 12.1 Å². The molecule has 102 valence electrons. The van der Waals surface area contributed by atoms with E-state index in [2.05, 4.69) is 19.6 Å². The van der Waals surface area contributed by atoms with Crippen LogP contribution in [0.25, 0.3) is 0 Å². The summed E-state index contributed by atoms with van der Waals surface area (Å²) in [6, 6.07) is 7.25. The van der Waals surface area contributed by atoms with Crippen LogP contribution in [-0.4, -0.2) is 11.2 Å². The van der Waals surface area contributed by atoms with E-state index >= 15 is 0 Å². The summed E-state index contributed by atoms with van der Waals surface area (Å²) in [7, 11) is 0. The molecule has 3 heteroatoms. The summed E-state index contributed by atoms with van der Waals surface area (Å²) >= 11 is 0. The quantitative estimate of drug-likeness (QED) is 0.567. The van der Waals surface area contributed by atoms with Gasteiger partial charge in [0.1, 0.15) is 17.6 Å². The van der Waals surface area contributed by atoms with Crippen LogP contribution in [0.15, 0.2) is 30.9 Å². The molecule has 0 spiro atoms. The number of hydrogen-bond donors (Lipinski definition) is 1. The van der Waals surface area contributed by atoms with Crippen molar-refractivity contribution >= 4 is 0 Å². The van der Waals surface area contributed by atoms with E-state index in [0.717, 1.165) is 24.8 Å². The maximum absolute atomic E-state index is 9.68. The molecule has 19 heavy (non-hydrogen) atoms.